The maximum absolute atomic E-state index is 11.8. The van der Waals surface area contributed by atoms with Crippen molar-refractivity contribution >= 4 is 23.5 Å². The summed E-state index contributed by atoms with van der Waals surface area (Å²) in [5.74, 6) is -2.96. The third-order valence-corrected chi connectivity index (χ3v) is 3.03. The minimum absolute atomic E-state index is 0.395. The number of carbonyl (C=O) groups excluding carboxylic acids is 4. The van der Waals surface area contributed by atoms with E-state index in [1.807, 2.05) is 6.92 Å². The minimum atomic E-state index is -0.914. The lowest BCUT2D eigenvalue weighted by Gasteiger charge is -2.28. The van der Waals surface area contributed by atoms with Gasteiger partial charge >= 0.3 is 0 Å². The van der Waals surface area contributed by atoms with Crippen LogP contribution in [0.2, 0.25) is 0 Å². The molecule has 0 aromatic heterocycles. The van der Waals surface area contributed by atoms with Crippen LogP contribution in [0.3, 0.4) is 0 Å². The first kappa shape index (κ1) is 20.0. The molecule has 2 unspecified atom stereocenters. The first-order valence-electron chi connectivity index (χ1n) is 7.17. The summed E-state index contributed by atoms with van der Waals surface area (Å²) >= 11 is 0. The number of nitrogens with one attached hydrogen (secondary N) is 2. The number of carbonyl (C=O) groups is 4. The average Bonchev–Trinajstić information content (AvgIpc) is 2.39. The van der Waals surface area contributed by atoms with Gasteiger partial charge in [0.15, 0.2) is 0 Å². The molecule has 0 saturated heterocycles. The smallest absolute Gasteiger partial charge is 0.289 e. The predicted molar refractivity (Wildman–Crippen MR) is 81.5 cm³/mol. The van der Waals surface area contributed by atoms with Crippen molar-refractivity contribution in [3.05, 3.63) is 0 Å². The molecule has 0 bridgehead atoms. The van der Waals surface area contributed by atoms with E-state index in [-0.39, 0.29) is 0 Å². The molecule has 8 heteroatoms. The fourth-order valence-electron chi connectivity index (χ4n) is 1.78. The van der Waals surface area contributed by atoms with E-state index in [2.05, 4.69) is 10.6 Å². The summed E-state index contributed by atoms with van der Waals surface area (Å²) in [6.45, 7) is 6.65. The van der Waals surface area contributed by atoms with Crippen LogP contribution in [0.4, 0.5) is 0 Å². The third-order valence-electron chi connectivity index (χ3n) is 3.03. The largest absolute Gasteiger partial charge is 0.368 e. The van der Waals surface area contributed by atoms with E-state index in [0.29, 0.717) is 12.8 Å². The summed E-state index contributed by atoms with van der Waals surface area (Å²) in [6.07, 6.45) is 1.07. The van der Waals surface area contributed by atoms with Crippen LogP contribution in [0.1, 0.15) is 40.5 Å². The second kappa shape index (κ2) is 8.47. The molecule has 0 heterocycles. The van der Waals surface area contributed by atoms with Gasteiger partial charge in [-0.3, -0.25) is 19.2 Å². The second-order valence-electron chi connectivity index (χ2n) is 6.21. The lowest BCUT2D eigenvalue weighted by atomic mass is 9.86. The molecule has 8 nitrogen and oxygen atoms in total. The number of Topliss-reactive ketones (excluding diaryl/α,β-unsaturated/α-hetero) is 1. The van der Waals surface area contributed by atoms with E-state index < -0.39 is 47.5 Å². The molecule has 0 aromatic rings. The van der Waals surface area contributed by atoms with Crippen LogP contribution < -0.4 is 22.1 Å². The van der Waals surface area contributed by atoms with Gasteiger partial charge in [0.2, 0.25) is 17.6 Å². The zero-order chi connectivity index (χ0) is 17.5. The second-order valence-corrected chi connectivity index (χ2v) is 6.21. The van der Waals surface area contributed by atoms with Crippen molar-refractivity contribution in [1.29, 1.82) is 0 Å². The Kier molecular flexibility index (Phi) is 7.72. The van der Waals surface area contributed by atoms with Gasteiger partial charge in [-0.15, -0.1) is 0 Å². The Bertz CT molecular complexity index is 443. The van der Waals surface area contributed by atoms with E-state index in [4.69, 9.17) is 11.5 Å². The molecule has 0 radical (unpaired) electrons. The number of primary amides is 1. The molecule has 0 aliphatic carbocycles. The standard InChI is InChI=1S/C14H26N4O4/c1-5-6-8(15)10(20)13(22)17-7-9(19)18-11(12(16)21)14(2,3)4/h8,11H,5-7,15H2,1-4H3,(H2,16,21)(H,17,22)(H,18,19). The van der Waals surface area contributed by atoms with Crippen LogP contribution in [0.25, 0.3) is 0 Å². The summed E-state index contributed by atoms with van der Waals surface area (Å²) in [5, 5.41) is 4.62. The van der Waals surface area contributed by atoms with E-state index in [0.717, 1.165) is 0 Å². The van der Waals surface area contributed by atoms with Crippen molar-refractivity contribution in [3.8, 4) is 0 Å². The molecule has 0 spiro atoms. The van der Waals surface area contributed by atoms with Crippen molar-refractivity contribution in [2.75, 3.05) is 6.54 Å². The fourth-order valence-corrected chi connectivity index (χ4v) is 1.78. The average molecular weight is 314 g/mol. The molecule has 0 aliphatic rings. The van der Waals surface area contributed by atoms with Crippen LogP contribution in [-0.4, -0.2) is 42.1 Å². The Morgan fingerprint density at radius 3 is 2.09 bits per heavy atom. The van der Waals surface area contributed by atoms with Crippen LogP contribution >= 0.6 is 0 Å². The van der Waals surface area contributed by atoms with Crippen molar-refractivity contribution in [3.63, 3.8) is 0 Å². The topological polar surface area (TPSA) is 144 Å². The Morgan fingerprint density at radius 1 is 1.14 bits per heavy atom. The molecule has 0 aliphatic heterocycles. The number of hydrogen-bond donors (Lipinski definition) is 4. The lowest BCUT2D eigenvalue weighted by Crippen LogP contribution is -2.54. The highest BCUT2D eigenvalue weighted by molar-refractivity contribution is 6.38. The highest BCUT2D eigenvalue weighted by Gasteiger charge is 2.31. The van der Waals surface area contributed by atoms with E-state index >= 15 is 0 Å². The van der Waals surface area contributed by atoms with Crippen LogP contribution in [0.5, 0.6) is 0 Å². The maximum atomic E-state index is 11.8. The molecule has 0 saturated carbocycles. The summed E-state index contributed by atoms with van der Waals surface area (Å²) in [5.41, 5.74) is 10.2. The van der Waals surface area contributed by atoms with Crippen LogP contribution in [0.15, 0.2) is 0 Å². The highest BCUT2D eigenvalue weighted by atomic mass is 16.2. The van der Waals surface area contributed by atoms with Gasteiger partial charge in [0.1, 0.15) is 6.04 Å². The zero-order valence-corrected chi connectivity index (χ0v) is 13.6. The minimum Gasteiger partial charge on any atom is -0.368 e. The summed E-state index contributed by atoms with van der Waals surface area (Å²) in [6, 6.07) is -1.75. The van der Waals surface area contributed by atoms with Gasteiger partial charge in [-0.25, -0.2) is 0 Å². The molecule has 22 heavy (non-hydrogen) atoms. The highest BCUT2D eigenvalue weighted by Crippen LogP contribution is 2.18. The summed E-state index contributed by atoms with van der Waals surface area (Å²) in [7, 11) is 0. The molecule has 6 N–H and O–H groups in total. The lowest BCUT2D eigenvalue weighted by molar-refractivity contribution is -0.139. The Balaban J connectivity index is 4.48. The number of hydrogen-bond acceptors (Lipinski definition) is 5. The molecule has 0 rings (SSSR count). The number of nitrogens with two attached hydrogens (primary N) is 2. The SMILES string of the molecule is CCCC(N)C(=O)C(=O)NCC(=O)NC(C(N)=O)C(C)(C)C. The first-order chi connectivity index (χ1) is 10.0. The molecule has 0 aromatic carbocycles. The van der Waals surface area contributed by atoms with Gasteiger partial charge in [-0.05, 0) is 11.8 Å². The number of amides is 3. The monoisotopic (exact) mass is 314 g/mol. The van der Waals surface area contributed by atoms with Crippen LogP contribution in [-0.2, 0) is 19.2 Å². The Hall–Kier alpha value is -1.96. The quantitative estimate of drug-likeness (QED) is 0.417. The van der Waals surface area contributed by atoms with Gasteiger partial charge in [-0.2, -0.15) is 0 Å². The molecule has 126 valence electrons. The van der Waals surface area contributed by atoms with E-state index in [1.54, 1.807) is 20.8 Å². The molecular weight excluding hydrogens is 288 g/mol. The van der Waals surface area contributed by atoms with Gasteiger partial charge < -0.3 is 22.1 Å². The normalized spacial score (nSPS) is 13.9. The van der Waals surface area contributed by atoms with Gasteiger partial charge in [0.25, 0.3) is 5.91 Å². The molecule has 2 atom stereocenters. The van der Waals surface area contributed by atoms with Crippen molar-refractivity contribution in [2.45, 2.75) is 52.6 Å². The predicted octanol–water partition coefficient (Wildman–Crippen LogP) is -1.18. The van der Waals surface area contributed by atoms with Gasteiger partial charge in [-0.1, -0.05) is 34.1 Å². The molecule has 0 fully saturated rings. The van der Waals surface area contributed by atoms with Crippen LogP contribution in [0, 0.1) is 5.41 Å². The Morgan fingerprint density at radius 2 is 1.68 bits per heavy atom. The number of rotatable bonds is 8. The number of ketones is 1. The van der Waals surface area contributed by atoms with Crippen molar-refractivity contribution in [1.82, 2.24) is 10.6 Å². The van der Waals surface area contributed by atoms with Crippen molar-refractivity contribution in [2.24, 2.45) is 16.9 Å². The third kappa shape index (κ3) is 6.66. The van der Waals surface area contributed by atoms with Gasteiger partial charge in [0.05, 0.1) is 12.6 Å². The van der Waals surface area contributed by atoms with E-state index in [1.165, 1.54) is 0 Å². The maximum Gasteiger partial charge on any atom is 0.289 e. The first-order valence-corrected chi connectivity index (χ1v) is 7.17. The van der Waals surface area contributed by atoms with Gasteiger partial charge in [0, 0.05) is 0 Å². The Labute approximate surface area is 130 Å². The fraction of sp³-hybridized carbons (Fsp3) is 0.714. The molecule has 3 amide bonds. The van der Waals surface area contributed by atoms with Crippen molar-refractivity contribution < 1.29 is 19.2 Å². The summed E-state index contributed by atoms with van der Waals surface area (Å²) in [4.78, 5) is 46.3. The van der Waals surface area contributed by atoms with E-state index in [9.17, 15) is 19.2 Å². The molecular formula is C14H26N4O4. The summed E-state index contributed by atoms with van der Waals surface area (Å²) < 4.78 is 0. The zero-order valence-electron chi connectivity index (χ0n) is 13.6.